The Bertz CT molecular complexity index is 500. The second kappa shape index (κ2) is 5.63. The van der Waals surface area contributed by atoms with Crippen molar-refractivity contribution in [2.24, 2.45) is 5.92 Å². The Labute approximate surface area is 116 Å². The molecule has 0 N–H and O–H groups in total. The van der Waals surface area contributed by atoms with Crippen molar-refractivity contribution in [3.05, 3.63) is 34.6 Å². The molecule has 0 amide bonds. The van der Waals surface area contributed by atoms with Crippen LogP contribution < -0.4 is 4.90 Å². The van der Waals surface area contributed by atoms with Crippen LogP contribution in [0.15, 0.2) is 24.5 Å². The third-order valence-electron chi connectivity index (χ3n) is 2.77. The molecule has 6 heteroatoms. The lowest BCUT2D eigenvalue weighted by molar-refractivity contribution is 0.488. The topological polar surface area (TPSA) is 41.9 Å². The van der Waals surface area contributed by atoms with Gasteiger partial charge in [-0.15, -0.1) is 10.2 Å². The Balaban J connectivity index is 2.31. The molecule has 1 unspecified atom stereocenters. The predicted octanol–water partition coefficient (Wildman–Crippen LogP) is 3.42. The minimum atomic E-state index is 0.211. The molecule has 2 aromatic rings. The molecule has 2 rings (SSSR count). The molecule has 96 valence electrons. The van der Waals surface area contributed by atoms with Gasteiger partial charge in [-0.1, -0.05) is 31.3 Å². The number of aromatic nitrogens is 3. The molecular weight excluding hydrogens is 268 g/mol. The molecule has 0 saturated carbocycles. The van der Waals surface area contributed by atoms with E-state index in [9.17, 15) is 0 Å². The number of hydrogen-bond donors (Lipinski definition) is 0. The van der Waals surface area contributed by atoms with Gasteiger partial charge < -0.3 is 4.90 Å². The Morgan fingerprint density at radius 2 is 2.11 bits per heavy atom. The summed E-state index contributed by atoms with van der Waals surface area (Å²) in [6.07, 6.45) is 3.67. The van der Waals surface area contributed by atoms with Crippen LogP contribution in [0.4, 0.5) is 5.13 Å². The summed E-state index contributed by atoms with van der Waals surface area (Å²) in [5.74, 6) is 0.432. The van der Waals surface area contributed by atoms with E-state index >= 15 is 0 Å². The summed E-state index contributed by atoms with van der Waals surface area (Å²) in [5, 5.41) is 8.76. The van der Waals surface area contributed by atoms with Gasteiger partial charge in [0.2, 0.25) is 9.60 Å². The van der Waals surface area contributed by atoms with Crippen molar-refractivity contribution in [2.75, 3.05) is 11.9 Å². The molecule has 18 heavy (non-hydrogen) atoms. The van der Waals surface area contributed by atoms with Gasteiger partial charge >= 0.3 is 0 Å². The molecule has 0 aliphatic carbocycles. The first kappa shape index (κ1) is 13.2. The van der Waals surface area contributed by atoms with Gasteiger partial charge in [-0.2, -0.15) is 0 Å². The van der Waals surface area contributed by atoms with E-state index < -0.39 is 0 Å². The summed E-state index contributed by atoms with van der Waals surface area (Å²) in [4.78, 5) is 6.29. The number of pyridine rings is 1. The predicted molar refractivity (Wildman–Crippen MR) is 75.1 cm³/mol. The van der Waals surface area contributed by atoms with Crippen LogP contribution in [0.3, 0.4) is 0 Å². The largest absolute Gasteiger partial charge is 0.342 e. The first-order chi connectivity index (χ1) is 8.59. The van der Waals surface area contributed by atoms with Crippen LogP contribution in [0.1, 0.15) is 25.5 Å². The van der Waals surface area contributed by atoms with E-state index in [4.69, 9.17) is 11.6 Å². The number of halogens is 1. The minimum absolute atomic E-state index is 0.211. The smallest absolute Gasteiger partial charge is 0.209 e. The zero-order valence-corrected chi connectivity index (χ0v) is 12.1. The van der Waals surface area contributed by atoms with Gasteiger partial charge in [0.05, 0.1) is 6.04 Å². The van der Waals surface area contributed by atoms with Crippen LogP contribution in [-0.2, 0) is 0 Å². The van der Waals surface area contributed by atoms with Crippen molar-refractivity contribution < 1.29 is 0 Å². The number of nitrogens with zero attached hydrogens (tertiary/aromatic N) is 4. The van der Waals surface area contributed by atoms with Crippen LogP contribution in [0.25, 0.3) is 0 Å². The molecule has 0 fully saturated rings. The molecule has 0 spiro atoms. The maximum Gasteiger partial charge on any atom is 0.209 e. The van der Waals surface area contributed by atoms with Gasteiger partial charge in [-0.3, -0.25) is 4.98 Å². The van der Waals surface area contributed by atoms with E-state index in [2.05, 4.69) is 40.0 Å². The normalized spacial score (nSPS) is 12.7. The second-order valence-electron chi connectivity index (χ2n) is 4.42. The second-order valence-corrected chi connectivity index (χ2v) is 5.96. The zero-order chi connectivity index (χ0) is 13.1. The molecule has 0 aliphatic rings. The first-order valence-electron chi connectivity index (χ1n) is 5.71. The molecule has 2 heterocycles. The molecule has 4 nitrogen and oxygen atoms in total. The Morgan fingerprint density at radius 3 is 2.61 bits per heavy atom. The van der Waals surface area contributed by atoms with Gasteiger partial charge in [-0.25, -0.2) is 0 Å². The summed E-state index contributed by atoms with van der Waals surface area (Å²) in [5.41, 5.74) is 1.17. The van der Waals surface area contributed by atoms with Crippen LogP contribution in [0.2, 0.25) is 4.47 Å². The summed E-state index contributed by atoms with van der Waals surface area (Å²) in [6, 6.07) is 4.24. The fourth-order valence-corrected chi connectivity index (χ4v) is 2.88. The lowest BCUT2D eigenvalue weighted by Crippen LogP contribution is -2.28. The van der Waals surface area contributed by atoms with Crippen molar-refractivity contribution in [3.63, 3.8) is 0 Å². The van der Waals surface area contributed by atoms with Gasteiger partial charge in [0, 0.05) is 19.4 Å². The van der Waals surface area contributed by atoms with Crippen molar-refractivity contribution in [2.45, 2.75) is 19.9 Å². The first-order valence-corrected chi connectivity index (χ1v) is 6.91. The highest BCUT2D eigenvalue weighted by molar-refractivity contribution is 7.19. The van der Waals surface area contributed by atoms with E-state index in [1.165, 1.54) is 16.9 Å². The highest BCUT2D eigenvalue weighted by atomic mass is 35.5. The van der Waals surface area contributed by atoms with Crippen LogP contribution in [0.5, 0.6) is 0 Å². The van der Waals surface area contributed by atoms with Crippen molar-refractivity contribution >= 4 is 28.1 Å². The van der Waals surface area contributed by atoms with Gasteiger partial charge in [-0.05, 0) is 29.1 Å². The quantitative estimate of drug-likeness (QED) is 0.862. The Hall–Kier alpha value is -1.20. The Kier molecular flexibility index (Phi) is 4.14. The highest BCUT2D eigenvalue weighted by Crippen LogP contribution is 2.33. The summed E-state index contributed by atoms with van der Waals surface area (Å²) in [6.45, 7) is 4.35. The third-order valence-corrected chi connectivity index (χ3v) is 3.88. The Morgan fingerprint density at radius 1 is 1.33 bits per heavy atom. The summed E-state index contributed by atoms with van der Waals surface area (Å²) < 4.78 is 0.463. The molecule has 0 saturated heterocycles. The average Bonchev–Trinajstić information content (AvgIpc) is 2.77. The molecule has 1 atom stereocenters. The summed E-state index contributed by atoms with van der Waals surface area (Å²) in [7, 11) is 2.01. The van der Waals surface area contributed by atoms with E-state index in [1.54, 1.807) is 6.20 Å². The molecule has 0 radical (unpaired) electrons. The van der Waals surface area contributed by atoms with E-state index in [0.29, 0.717) is 10.4 Å². The molecule has 0 aromatic carbocycles. The lowest BCUT2D eigenvalue weighted by atomic mass is 9.96. The monoisotopic (exact) mass is 282 g/mol. The maximum absolute atomic E-state index is 5.84. The SMILES string of the molecule is CC(C)C(c1cccnc1)N(C)c1nnc(Cl)s1. The fraction of sp³-hybridized carbons (Fsp3) is 0.417. The van der Waals surface area contributed by atoms with E-state index in [0.717, 1.165) is 5.13 Å². The maximum atomic E-state index is 5.84. The third kappa shape index (κ3) is 2.79. The standard InChI is InChI=1S/C12H15ClN4S/c1-8(2)10(9-5-4-6-14-7-9)17(3)12-16-15-11(13)18-12/h4-8,10H,1-3H3. The zero-order valence-electron chi connectivity index (χ0n) is 10.5. The molecule has 0 aliphatic heterocycles. The van der Waals surface area contributed by atoms with Gasteiger partial charge in [0.25, 0.3) is 0 Å². The van der Waals surface area contributed by atoms with Crippen LogP contribution in [0, 0.1) is 5.92 Å². The lowest BCUT2D eigenvalue weighted by Gasteiger charge is -2.30. The van der Waals surface area contributed by atoms with Crippen molar-refractivity contribution in [1.82, 2.24) is 15.2 Å². The molecule has 0 bridgehead atoms. The highest BCUT2D eigenvalue weighted by Gasteiger charge is 2.23. The number of rotatable bonds is 4. The van der Waals surface area contributed by atoms with Crippen LogP contribution in [-0.4, -0.2) is 22.2 Å². The van der Waals surface area contributed by atoms with Crippen LogP contribution >= 0.6 is 22.9 Å². The fourth-order valence-electron chi connectivity index (χ4n) is 2.07. The molecular formula is C12H15ClN4S. The van der Waals surface area contributed by atoms with Crippen molar-refractivity contribution in [3.8, 4) is 0 Å². The summed E-state index contributed by atoms with van der Waals surface area (Å²) >= 11 is 7.23. The van der Waals surface area contributed by atoms with Crippen molar-refractivity contribution in [1.29, 1.82) is 0 Å². The number of hydrogen-bond acceptors (Lipinski definition) is 5. The van der Waals surface area contributed by atoms with E-state index in [-0.39, 0.29) is 6.04 Å². The molecule has 2 aromatic heterocycles. The number of anilines is 1. The van der Waals surface area contributed by atoms with Gasteiger partial charge in [0.15, 0.2) is 0 Å². The average molecular weight is 283 g/mol. The van der Waals surface area contributed by atoms with Gasteiger partial charge in [0.1, 0.15) is 0 Å². The minimum Gasteiger partial charge on any atom is -0.342 e. The van der Waals surface area contributed by atoms with E-state index in [1.807, 2.05) is 19.3 Å².